The van der Waals surface area contributed by atoms with Crippen molar-refractivity contribution in [3.63, 3.8) is 0 Å². The van der Waals surface area contributed by atoms with Crippen LogP contribution in [0.3, 0.4) is 0 Å². The normalized spacial score (nSPS) is 12.1. The molecule has 3 nitrogen and oxygen atoms in total. The van der Waals surface area contributed by atoms with Gasteiger partial charge in [0.2, 0.25) is 0 Å². The van der Waals surface area contributed by atoms with E-state index in [9.17, 15) is 4.79 Å². The number of rotatable bonds is 6. The molecule has 1 unspecified atom stereocenters. The van der Waals surface area contributed by atoms with E-state index in [1.807, 2.05) is 36.4 Å². The molecule has 4 heteroatoms. The highest BCUT2D eigenvalue weighted by molar-refractivity contribution is 6.22. The second-order valence-corrected chi connectivity index (χ2v) is 4.99. The third kappa shape index (κ3) is 3.87. The van der Waals surface area contributed by atoms with Gasteiger partial charge < -0.3 is 9.15 Å². The number of benzene rings is 1. The van der Waals surface area contributed by atoms with Crippen LogP contribution in [-0.4, -0.2) is 13.1 Å². The second kappa shape index (κ2) is 7.15. The summed E-state index contributed by atoms with van der Waals surface area (Å²) in [6.45, 7) is 0. The van der Waals surface area contributed by atoms with Gasteiger partial charge in [-0.05, 0) is 36.1 Å². The van der Waals surface area contributed by atoms with Gasteiger partial charge in [-0.1, -0.05) is 24.3 Å². The van der Waals surface area contributed by atoms with Crippen LogP contribution in [0.4, 0.5) is 0 Å². The molecule has 0 bridgehead atoms. The lowest BCUT2D eigenvalue weighted by Crippen LogP contribution is -2.00. The van der Waals surface area contributed by atoms with Gasteiger partial charge in [0.25, 0.3) is 0 Å². The smallest absolute Gasteiger partial charge is 0.305 e. The first kappa shape index (κ1) is 14.7. The van der Waals surface area contributed by atoms with E-state index in [2.05, 4.69) is 4.74 Å². The van der Waals surface area contributed by atoms with Crippen molar-refractivity contribution < 1.29 is 13.9 Å². The standard InChI is InChI=1S/C16H17ClO3/c1-19-15(18)6-2-4-12-7-9-13(10-8-12)16(17)14-5-3-11-20-14/h3,5,7-11,16H,2,4,6H2,1H3. The summed E-state index contributed by atoms with van der Waals surface area (Å²) in [7, 11) is 1.41. The van der Waals surface area contributed by atoms with Gasteiger partial charge in [-0.15, -0.1) is 11.6 Å². The van der Waals surface area contributed by atoms with Crippen molar-refractivity contribution in [1.29, 1.82) is 0 Å². The Hall–Kier alpha value is -1.74. The van der Waals surface area contributed by atoms with Crippen LogP contribution in [0.2, 0.25) is 0 Å². The monoisotopic (exact) mass is 292 g/mol. The SMILES string of the molecule is COC(=O)CCCc1ccc(C(Cl)c2ccco2)cc1. The Labute approximate surface area is 123 Å². The van der Waals surface area contributed by atoms with Crippen LogP contribution in [0.1, 0.15) is 35.1 Å². The van der Waals surface area contributed by atoms with Crippen molar-refractivity contribution in [3.8, 4) is 0 Å². The zero-order valence-electron chi connectivity index (χ0n) is 11.3. The predicted molar refractivity (Wildman–Crippen MR) is 77.8 cm³/mol. The third-order valence-electron chi connectivity index (χ3n) is 3.14. The lowest BCUT2D eigenvalue weighted by atomic mass is 10.0. The zero-order valence-corrected chi connectivity index (χ0v) is 12.1. The van der Waals surface area contributed by atoms with Crippen molar-refractivity contribution in [2.45, 2.75) is 24.6 Å². The van der Waals surface area contributed by atoms with E-state index in [1.165, 1.54) is 12.7 Å². The Morgan fingerprint density at radius 2 is 2.05 bits per heavy atom. The molecule has 1 atom stereocenters. The molecule has 1 aromatic heterocycles. The molecule has 106 valence electrons. The van der Waals surface area contributed by atoms with Crippen molar-refractivity contribution >= 4 is 17.6 Å². The Kier molecular flexibility index (Phi) is 5.24. The molecular weight excluding hydrogens is 276 g/mol. The van der Waals surface area contributed by atoms with Crippen molar-refractivity contribution in [1.82, 2.24) is 0 Å². The number of furan rings is 1. The van der Waals surface area contributed by atoms with E-state index in [0.717, 1.165) is 24.2 Å². The maximum atomic E-state index is 11.0. The predicted octanol–water partition coefficient (Wildman–Crippen LogP) is 4.10. The van der Waals surface area contributed by atoms with Gasteiger partial charge in [-0.2, -0.15) is 0 Å². The lowest BCUT2D eigenvalue weighted by Gasteiger charge is -2.08. The molecular formula is C16H17ClO3. The first-order chi connectivity index (χ1) is 9.70. The number of hydrogen-bond donors (Lipinski definition) is 0. The minimum Gasteiger partial charge on any atom is -0.469 e. The maximum Gasteiger partial charge on any atom is 0.305 e. The number of carbonyl (C=O) groups is 1. The molecule has 0 fully saturated rings. The summed E-state index contributed by atoms with van der Waals surface area (Å²) in [5.41, 5.74) is 2.18. The molecule has 0 spiro atoms. The van der Waals surface area contributed by atoms with Gasteiger partial charge >= 0.3 is 5.97 Å². The molecule has 0 N–H and O–H groups in total. The summed E-state index contributed by atoms with van der Waals surface area (Å²) in [5.74, 6) is 0.574. The Morgan fingerprint density at radius 1 is 1.30 bits per heavy atom. The van der Waals surface area contributed by atoms with Gasteiger partial charge in [-0.25, -0.2) is 0 Å². The molecule has 0 amide bonds. The number of carbonyl (C=O) groups excluding carboxylic acids is 1. The fourth-order valence-electron chi connectivity index (χ4n) is 1.99. The lowest BCUT2D eigenvalue weighted by molar-refractivity contribution is -0.140. The van der Waals surface area contributed by atoms with Crippen LogP contribution in [0.25, 0.3) is 0 Å². The van der Waals surface area contributed by atoms with Gasteiger partial charge in [0.15, 0.2) is 0 Å². The summed E-state index contributed by atoms with van der Waals surface area (Å²) in [5, 5.41) is -0.269. The van der Waals surface area contributed by atoms with Crippen molar-refractivity contribution in [2.75, 3.05) is 7.11 Å². The van der Waals surface area contributed by atoms with Gasteiger partial charge in [0.05, 0.1) is 13.4 Å². The first-order valence-corrected chi connectivity index (χ1v) is 6.97. The Balaban J connectivity index is 1.91. The summed E-state index contributed by atoms with van der Waals surface area (Å²) < 4.78 is 9.91. The number of alkyl halides is 1. The highest BCUT2D eigenvalue weighted by atomic mass is 35.5. The van der Waals surface area contributed by atoms with E-state index in [4.69, 9.17) is 16.0 Å². The quantitative estimate of drug-likeness (QED) is 0.594. The Morgan fingerprint density at radius 3 is 2.65 bits per heavy atom. The molecule has 0 aliphatic rings. The maximum absolute atomic E-state index is 11.0. The molecule has 1 heterocycles. The molecule has 0 radical (unpaired) electrons. The summed E-state index contributed by atoms with van der Waals surface area (Å²) in [6.07, 6.45) is 3.70. The van der Waals surface area contributed by atoms with E-state index in [-0.39, 0.29) is 11.3 Å². The average Bonchev–Trinajstić information content (AvgIpc) is 3.01. The summed E-state index contributed by atoms with van der Waals surface area (Å²) >= 11 is 6.34. The number of methoxy groups -OCH3 is 1. The summed E-state index contributed by atoms with van der Waals surface area (Å²) in [4.78, 5) is 11.0. The number of hydrogen-bond acceptors (Lipinski definition) is 3. The average molecular weight is 293 g/mol. The zero-order chi connectivity index (χ0) is 14.4. The van der Waals surface area contributed by atoms with Crippen LogP contribution in [0.5, 0.6) is 0 Å². The molecule has 2 rings (SSSR count). The van der Waals surface area contributed by atoms with E-state index >= 15 is 0 Å². The number of ether oxygens (including phenoxy) is 1. The van der Waals surface area contributed by atoms with E-state index < -0.39 is 0 Å². The molecule has 2 aromatic rings. The molecule has 1 aromatic carbocycles. The second-order valence-electron chi connectivity index (χ2n) is 4.55. The minimum atomic E-state index is -0.269. The fourth-order valence-corrected chi connectivity index (χ4v) is 2.26. The highest BCUT2D eigenvalue weighted by Gasteiger charge is 2.13. The highest BCUT2D eigenvalue weighted by Crippen LogP contribution is 2.29. The number of halogens is 1. The van der Waals surface area contributed by atoms with Crippen LogP contribution in [0, 0.1) is 0 Å². The van der Waals surface area contributed by atoms with Crippen LogP contribution in [-0.2, 0) is 16.0 Å². The fraction of sp³-hybridized carbons (Fsp3) is 0.312. The van der Waals surface area contributed by atoms with Crippen LogP contribution < -0.4 is 0 Å². The molecule has 0 aliphatic heterocycles. The Bertz CT molecular complexity index is 531. The van der Waals surface area contributed by atoms with Crippen LogP contribution >= 0.6 is 11.6 Å². The van der Waals surface area contributed by atoms with Crippen LogP contribution in [0.15, 0.2) is 47.1 Å². The number of aryl methyl sites for hydroxylation is 1. The van der Waals surface area contributed by atoms with Gasteiger partial charge in [-0.3, -0.25) is 4.79 Å². The van der Waals surface area contributed by atoms with E-state index in [0.29, 0.717) is 6.42 Å². The summed E-state index contributed by atoms with van der Waals surface area (Å²) in [6, 6.07) is 11.7. The minimum absolute atomic E-state index is 0.166. The van der Waals surface area contributed by atoms with Crippen molar-refractivity contribution in [3.05, 3.63) is 59.5 Å². The topological polar surface area (TPSA) is 39.4 Å². The molecule has 0 saturated heterocycles. The molecule has 20 heavy (non-hydrogen) atoms. The third-order valence-corrected chi connectivity index (χ3v) is 3.61. The first-order valence-electron chi connectivity index (χ1n) is 6.54. The number of esters is 1. The molecule has 0 saturated carbocycles. The van der Waals surface area contributed by atoms with Gasteiger partial charge in [0, 0.05) is 6.42 Å². The largest absolute Gasteiger partial charge is 0.469 e. The van der Waals surface area contributed by atoms with Gasteiger partial charge in [0.1, 0.15) is 11.1 Å². The van der Waals surface area contributed by atoms with E-state index in [1.54, 1.807) is 6.26 Å². The van der Waals surface area contributed by atoms with Crippen molar-refractivity contribution in [2.24, 2.45) is 0 Å². The molecule has 0 aliphatic carbocycles.